The lowest BCUT2D eigenvalue weighted by atomic mass is 10.0. The summed E-state index contributed by atoms with van der Waals surface area (Å²) in [5.41, 5.74) is 10.2. The highest BCUT2D eigenvalue weighted by Gasteiger charge is 2.11. The zero-order valence-electron chi connectivity index (χ0n) is 12.2. The average Bonchev–Trinajstić information content (AvgIpc) is 2.55. The predicted octanol–water partition coefficient (Wildman–Crippen LogP) is 2.37. The Hall–Kier alpha value is -1.91. The molecular weight excluding hydrogens is 260 g/mol. The number of hydrogen-bond acceptors (Lipinski definition) is 4. The molecule has 1 aromatic heterocycles. The van der Waals surface area contributed by atoms with Crippen molar-refractivity contribution in [3.05, 3.63) is 42.1 Å². The van der Waals surface area contributed by atoms with Gasteiger partial charge in [0.05, 0.1) is 11.2 Å². The van der Waals surface area contributed by atoms with Gasteiger partial charge in [-0.05, 0) is 43.6 Å². The van der Waals surface area contributed by atoms with Crippen LogP contribution in [0.2, 0.25) is 0 Å². The number of benzene rings is 1. The Bertz CT molecular complexity index is 648. The number of nitrogens with zero attached hydrogens (tertiary/aromatic N) is 1. The molecule has 0 bridgehead atoms. The molecule has 110 valence electrons. The molecule has 0 saturated heterocycles. The van der Waals surface area contributed by atoms with Crippen LogP contribution in [0, 0.1) is 0 Å². The summed E-state index contributed by atoms with van der Waals surface area (Å²) in [5.74, 6) is 0. The van der Waals surface area contributed by atoms with Gasteiger partial charge in [0.25, 0.3) is 0 Å². The zero-order valence-corrected chi connectivity index (χ0v) is 12.2. The number of nitrogens with one attached hydrogen (secondary N) is 2. The van der Waals surface area contributed by atoms with Crippen LogP contribution in [0.5, 0.6) is 0 Å². The highest BCUT2D eigenvalue weighted by molar-refractivity contribution is 5.93. The van der Waals surface area contributed by atoms with E-state index in [1.54, 1.807) is 0 Å². The summed E-state index contributed by atoms with van der Waals surface area (Å²) < 4.78 is 0. The molecule has 0 saturated carbocycles. The second-order valence-corrected chi connectivity index (χ2v) is 5.32. The fraction of sp³-hybridized carbons (Fsp3) is 0.353. The maximum atomic E-state index is 5.58. The first-order valence-electron chi connectivity index (χ1n) is 7.62. The third kappa shape index (κ3) is 3.23. The van der Waals surface area contributed by atoms with Crippen molar-refractivity contribution in [2.75, 3.05) is 31.5 Å². The Balaban J connectivity index is 1.99. The normalized spacial score (nSPS) is 15.0. The van der Waals surface area contributed by atoms with Crippen molar-refractivity contribution in [2.45, 2.75) is 12.8 Å². The van der Waals surface area contributed by atoms with Crippen LogP contribution < -0.4 is 16.4 Å². The van der Waals surface area contributed by atoms with E-state index in [1.165, 1.54) is 11.0 Å². The third-order valence-corrected chi connectivity index (χ3v) is 3.81. The molecule has 4 N–H and O–H groups in total. The number of pyridine rings is 1. The van der Waals surface area contributed by atoms with Crippen molar-refractivity contribution in [1.82, 2.24) is 10.3 Å². The molecular formula is C17H22N4. The standard InChI is InChI=1S/C17H22N4/c18-8-3-9-20-17-12-16(13-6-10-19-11-7-13)21-15-5-2-1-4-14(15)17/h1-2,4-6,12,19H,3,7-11,18H2,(H,20,21). The molecule has 0 atom stereocenters. The van der Waals surface area contributed by atoms with Gasteiger partial charge in [0.1, 0.15) is 0 Å². The lowest BCUT2D eigenvalue weighted by Crippen LogP contribution is -2.20. The molecule has 0 unspecified atom stereocenters. The minimum atomic E-state index is 0.708. The van der Waals surface area contributed by atoms with Crippen LogP contribution in [-0.4, -0.2) is 31.2 Å². The van der Waals surface area contributed by atoms with Gasteiger partial charge in [0.2, 0.25) is 0 Å². The number of hydrogen-bond donors (Lipinski definition) is 3. The lowest BCUT2D eigenvalue weighted by Gasteiger charge is -2.16. The first kappa shape index (κ1) is 14.0. The molecule has 1 aliphatic rings. The summed E-state index contributed by atoms with van der Waals surface area (Å²) in [4.78, 5) is 4.83. The second kappa shape index (κ2) is 6.70. The van der Waals surface area contributed by atoms with Crippen LogP contribution >= 0.6 is 0 Å². The van der Waals surface area contributed by atoms with Crippen LogP contribution in [0.15, 0.2) is 36.4 Å². The van der Waals surface area contributed by atoms with Gasteiger partial charge in [-0.1, -0.05) is 24.3 Å². The van der Waals surface area contributed by atoms with Gasteiger partial charge in [0.15, 0.2) is 0 Å². The minimum Gasteiger partial charge on any atom is -0.384 e. The highest BCUT2D eigenvalue weighted by Crippen LogP contribution is 2.27. The summed E-state index contributed by atoms with van der Waals surface area (Å²) in [6, 6.07) is 10.5. The van der Waals surface area contributed by atoms with Crippen molar-refractivity contribution in [2.24, 2.45) is 5.73 Å². The number of para-hydroxylation sites is 1. The van der Waals surface area contributed by atoms with E-state index < -0.39 is 0 Å². The SMILES string of the molecule is NCCCNc1cc(C2=CCNCC2)nc2ccccc12. The smallest absolute Gasteiger partial charge is 0.0730 e. The molecule has 0 aliphatic carbocycles. The zero-order chi connectivity index (χ0) is 14.5. The summed E-state index contributed by atoms with van der Waals surface area (Å²) in [6.45, 7) is 3.56. The first-order chi connectivity index (χ1) is 10.4. The third-order valence-electron chi connectivity index (χ3n) is 3.81. The Morgan fingerprint density at radius 2 is 2.19 bits per heavy atom. The van der Waals surface area contributed by atoms with Gasteiger partial charge < -0.3 is 16.4 Å². The fourth-order valence-corrected chi connectivity index (χ4v) is 2.67. The number of nitrogens with two attached hydrogens (primary N) is 1. The summed E-state index contributed by atoms with van der Waals surface area (Å²) in [7, 11) is 0. The molecule has 3 rings (SSSR count). The number of rotatable bonds is 5. The van der Waals surface area contributed by atoms with Crippen molar-refractivity contribution < 1.29 is 0 Å². The molecule has 2 aromatic rings. The van der Waals surface area contributed by atoms with E-state index in [4.69, 9.17) is 10.7 Å². The summed E-state index contributed by atoms with van der Waals surface area (Å²) in [6.07, 6.45) is 4.25. The topological polar surface area (TPSA) is 63.0 Å². The van der Waals surface area contributed by atoms with Gasteiger partial charge in [0, 0.05) is 24.2 Å². The summed E-state index contributed by atoms with van der Waals surface area (Å²) >= 11 is 0. The molecule has 0 radical (unpaired) electrons. The van der Waals surface area contributed by atoms with E-state index in [1.807, 2.05) is 6.07 Å². The molecule has 4 heteroatoms. The molecule has 0 spiro atoms. The van der Waals surface area contributed by atoms with E-state index in [0.717, 1.165) is 49.4 Å². The van der Waals surface area contributed by atoms with Crippen molar-refractivity contribution in [3.8, 4) is 0 Å². The monoisotopic (exact) mass is 282 g/mol. The van der Waals surface area contributed by atoms with E-state index in [0.29, 0.717) is 6.54 Å². The average molecular weight is 282 g/mol. The van der Waals surface area contributed by atoms with E-state index >= 15 is 0 Å². The van der Waals surface area contributed by atoms with Gasteiger partial charge in [-0.2, -0.15) is 0 Å². The van der Waals surface area contributed by atoms with Gasteiger partial charge >= 0.3 is 0 Å². The maximum absolute atomic E-state index is 5.58. The molecule has 1 aromatic carbocycles. The number of fused-ring (bicyclic) bond motifs is 1. The van der Waals surface area contributed by atoms with Crippen molar-refractivity contribution in [3.63, 3.8) is 0 Å². The molecule has 0 fully saturated rings. The molecule has 1 aliphatic heterocycles. The minimum absolute atomic E-state index is 0.708. The van der Waals surface area contributed by atoms with E-state index in [-0.39, 0.29) is 0 Å². The quantitative estimate of drug-likeness (QED) is 0.737. The second-order valence-electron chi connectivity index (χ2n) is 5.32. The maximum Gasteiger partial charge on any atom is 0.0730 e. The van der Waals surface area contributed by atoms with Crippen LogP contribution in [0.25, 0.3) is 16.5 Å². The first-order valence-corrected chi connectivity index (χ1v) is 7.62. The van der Waals surface area contributed by atoms with Gasteiger partial charge in [-0.15, -0.1) is 0 Å². The van der Waals surface area contributed by atoms with E-state index in [2.05, 4.69) is 41.0 Å². The lowest BCUT2D eigenvalue weighted by molar-refractivity contribution is 0.737. The van der Waals surface area contributed by atoms with E-state index in [9.17, 15) is 0 Å². The Morgan fingerprint density at radius 3 is 3.00 bits per heavy atom. The van der Waals surface area contributed by atoms with Crippen molar-refractivity contribution >= 4 is 22.2 Å². The van der Waals surface area contributed by atoms with Crippen LogP contribution in [0.4, 0.5) is 5.69 Å². The largest absolute Gasteiger partial charge is 0.384 e. The molecule has 0 amide bonds. The van der Waals surface area contributed by atoms with Crippen LogP contribution in [0.1, 0.15) is 18.5 Å². The van der Waals surface area contributed by atoms with Gasteiger partial charge in [-0.25, -0.2) is 4.98 Å². The Kier molecular flexibility index (Phi) is 4.48. The predicted molar refractivity (Wildman–Crippen MR) is 89.4 cm³/mol. The Morgan fingerprint density at radius 1 is 1.29 bits per heavy atom. The Labute approximate surface area is 125 Å². The van der Waals surface area contributed by atoms with Gasteiger partial charge in [-0.3, -0.25) is 0 Å². The van der Waals surface area contributed by atoms with Crippen LogP contribution in [0.3, 0.4) is 0 Å². The highest BCUT2D eigenvalue weighted by atomic mass is 14.9. The fourth-order valence-electron chi connectivity index (χ4n) is 2.67. The molecule has 4 nitrogen and oxygen atoms in total. The molecule has 21 heavy (non-hydrogen) atoms. The van der Waals surface area contributed by atoms with Crippen LogP contribution in [-0.2, 0) is 0 Å². The summed E-state index contributed by atoms with van der Waals surface area (Å²) in [5, 5.41) is 8.02. The number of anilines is 1. The number of aromatic nitrogens is 1. The van der Waals surface area contributed by atoms with Crippen molar-refractivity contribution in [1.29, 1.82) is 0 Å². The molecule has 2 heterocycles.